The van der Waals surface area contributed by atoms with Crippen molar-refractivity contribution >= 4 is 17.8 Å². The predicted molar refractivity (Wildman–Crippen MR) is 200 cm³/mol. The summed E-state index contributed by atoms with van der Waals surface area (Å²) in [6.07, 6.45) is 13.6. The first kappa shape index (κ1) is 36.7. The highest BCUT2D eigenvalue weighted by Gasteiger charge is 2.68. The van der Waals surface area contributed by atoms with Gasteiger partial charge in [0.1, 0.15) is 6.10 Å². The quantitative estimate of drug-likeness (QED) is 0.218. The van der Waals surface area contributed by atoms with Gasteiger partial charge in [0.2, 0.25) is 5.91 Å². The Hall–Kier alpha value is -2.67. The van der Waals surface area contributed by atoms with E-state index in [1.807, 2.05) is 0 Å². The topological polar surface area (TPSA) is 95.9 Å². The van der Waals surface area contributed by atoms with Gasteiger partial charge in [-0.15, -0.1) is 0 Å². The van der Waals surface area contributed by atoms with Crippen LogP contribution in [0, 0.1) is 44.3 Å². The summed E-state index contributed by atoms with van der Waals surface area (Å²) < 4.78 is 6.26. The van der Waals surface area contributed by atoms with E-state index in [4.69, 9.17) is 4.74 Å². The molecule has 7 heteroatoms. The molecule has 1 amide bonds. The van der Waals surface area contributed by atoms with Gasteiger partial charge < -0.3 is 20.1 Å². The van der Waals surface area contributed by atoms with E-state index in [0.29, 0.717) is 17.7 Å². The van der Waals surface area contributed by atoms with E-state index < -0.39 is 11.9 Å². The molecule has 280 valence electrons. The molecule has 2 N–H and O–H groups in total. The molecule has 1 aliphatic heterocycles. The summed E-state index contributed by atoms with van der Waals surface area (Å²) in [5, 5.41) is 13.2. The summed E-state index contributed by atoms with van der Waals surface area (Å²) in [7, 11) is 0. The van der Waals surface area contributed by atoms with E-state index in [2.05, 4.69) is 58.7 Å². The minimum atomic E-state index is -1.11. The fourth-order valence-corrected chi connectivity index (χ4v) is 13.4. The second kappa shape index (κ2) is 12.7. The number of fused-ring (bicyclic) bond motifs is 6. The van der Waals surface area contributed by atoms with E-state index in [0.717, 1.165) is 96.8 Å². The zero-order chi connectivity index (χ0) is 36.6. The predicted octanol–water partition coefficient (Wildman–Crippen LogP) is 9.07. The number of hydrogen-bond donors (Lipinski definition) is 2. The van der Waals surface area contributed by atoms with Crippen LogP contribution in [-0.2, 0) is 9.53 Å². The number of allylic oxidation sites excluding steroid dienone is 1. The number of likely N-dealkylation sites (tertiary alicyclic amines) is 1. The highest BCUT2D eigenvalue weighted by Crippen LogP contribution is 2.75. The van der Waals surface area contributed by atoms with Gasteiger partial charge in [-0.2, -0.15) is 0 Å². The summed E-state index contributed by atoms with van der Waals surface area (Å²) in [4.78, 5) is 42.3. The molecule has 0 aromatic heterocycles. The average Bonchev–Trinajstić information content (AvgIpc) is 3.59. The van der Waals surface area contributed by atoms with Crippen molar-refractivity contribution in [3.05, 3.63) is 46.5 Å². The lowest BCUT2D eigenvalue weighted by Crippen LogP contribution is -2.64. The van der Waals surface area contributed by atoms with Crippen molar-refractivity contribution in [3.8, 4) is 0 Å². The van der Waals surface area contributed by atoms with E-state index in [-0.39, 0.29) is 49.7 Å². The number of rotatable bonds is 7. The van der Waals surface area contributed by atoms with Crippen LogP contribution in [0.15, 0.2) is 35.4 Å². The summed E-state index contributed by atoms with van der Waals surface area (Å²) in [5.74, 6) is -0.414. The van der Waals surface area contributed by atoms with Crippen LogP contribution in [0.3, 0.4) is 0 Å². The molecular formula is C44H64N2O5. The van der Waals surface area contributed by atoms with Gasteiger partial charge in [-0.3, -0.25) is 4.79 Å². The number of carbonyl (C=O) groups is 3. The molecule has 7 rings (SSSR count). The van der Waals surface area contributed by atoms with Gasteiger partial charge >= 0.3 is 11.9 Å². The van der Waals surface area contributed by atoms with Crippen LogP contribution in [0.4, 0.5) is 0 Å². The number of ether oxygens (including phenoxy) is 1. The third-order valence-electron chi connectivity index (χ3n) is 16.4. The third kappa shape index (κ3) is 5.73. The van der Waals surface area contributed by atoms with Crippen molar-refractivity contribution in [1.82, 2.24) is 10.2 Å². The van der Waals surface area contributed by atoms with Crippen molar-refractivity contribution in [2.75, 3.05) is 26.2 Å². The van der Waals surface area contributed by atoms with Gasteiger partial charge in [-0.05, 0) is 142 Å². The number of amides is 1. The molecule has 7 atom stereocenters. The molecule has 5 fully saturated rings. The first-order valence-electron chi connectivity index (χ1n) is 20.3. The van der Waals surface area contributed by atoms with Gasteiger partial charge in [-0.1, -0.05) is 71.7 Å². The third-order valence-corrected chi connectivity index (χ3v) is 16.4. The molecule has 1 heterocycles. The Bertz CT molecular complexity index is 1610. The van der Waals surface area contributed by atoms with Crippen LogP contribution in [0.5, 0.6) is 0 Å². The molecule has 5 aliphatic carbocycles. The molecule has 0 unspecified atom stereocenters. The van der Waals surface area contributed by atoms with Gasteiger partial charge in [-0.25, -0.2) is 9.59 Å². The number of carboxylic acid groups (broad SMARTS) is 1. The Morgan fingerprint density at radius 2 is 1.51 bits per heavy atom. The van der Waals surface area contributed by atoms with Crippen molar-refractivity contribution in [2.45, 2.75) is 138 Å². The maximum absolute atomic E-state index is 14.4. The van der Waals surface area contributed by atoms with E-state index in [9.17, 15) is 19.5 Å². The minimum Gasteiger partial charge on any atom is -0.478 e. The van der Waals surface area contributed by atoms with E-state index in [1.165, 1.54) is 24.5 Å². The normalized spacial score (nSPS) is 38.5. The van der Waals surface area contributed by atoms with Crippen LogP contribution >= 0.6 is 0 Å². The number of nitrogens with one attached hydrogen (secondary N) is 1. The molecule has 51 heavy (non-hydrogen) atoms. The first-order chi connectivity index (χ1) is 24.0. The molecule has 0 radical (unpaired) electrons. The number of esters is 1. The highest BCUT2D eigenvalue weighted by atomic mass is 16.5. The SMILES string of the molecule is CC1(C)CC[C@]2(C(=O)NCCN3CCCC3)CC[C@]3(C)C(=C2C1)CC[C@@H]1[C@@]2(C)CC[C@H](OC(=O)c4ccccc4C(=O)O)C(C)(C)[C@@H]2CC[C@]13C. The molecular weight excluding hydrogens is 636 g/mol. The van der Waals surface area contributed by atoms with Gasteiger partial charge in [0.05, 0.1) is 16.5 Å². The fraction of sp³-hybridized carbons (Fsp3) is 0.750. The smallest absolute Gasteiger partial charge is 0.339 e. The standard InChI is InChI=1S/C44H64N2O5/c1-39(2)20-22-44(38(50)45-24-27-46-25-10-11-26-46)23-21-42(6)31(32(44)28-39)14-15-34-41(5)18-17-35(40(3,4)33(41)16-19-43(34,42)7)51-37(49)30-13-9-8-12-29(30)36(47)48/h8-9,12-13,33-35H,10-11,14-28H2,1-7H3,(H,45,50)(H,47,48)/t33-,34+,35-,41-,42+,43+,44-/m0/s1. The summed E-state index contributed by atoms with van der Waals surface area (Å²) >= 11 is 0. The lowest BCUT2D eigenvalue weighted by Gasteiger charge is -2.71. The number of carbonyl (C=O) groups excluding carboxylic acids is 2. The van der Waals surface area contributed by atoms with Crippen LogP contribution in [-0.4, -0.2) is 60.1 Å². The fourth-order valence-electron chi connectivity index (χ4n) is 13.4. The summed E-state index contributed by atoms with van der Waals surface area (Å²) in [6.45, 7) is 21.2. The molecule has 0 spiro atoms. The lowest BCUT2D eigenvalue weighted by molar-refractivity contribution is -0.205. The van der Waals surface area contributed by atoms with Crippen molar-refractivity contribution in [1.29, 1.82) is 0 Å². The summed E-state index contributed by atoms with van der Waals surface area (Å²) in [5.41, 5.74) is 3.15. The highest BCUT2D eigenvalue weighted by molar-refractivity contribution is 6.02. The van der Waals surface area contributed by atoms with Crippen molar-refractivity contribution in [3.63, 3.8) is 0 Å². The van der Waals surface area contributed by atoms with Gasteiger partial charge in [0.15, 0.2) is 0 Å². The zero-order valence-corrected chi connectivity index (χ0v) is 32.6. The zero-order valence-electron chi connectivity index (χ0n) is 32.6. The van der Waals surface area contributed by atoms with Gasteiger partial charge in [0, 0.05) is 18.5 Å². The Morgan fingerprint density at radius 1 is 0.824 bits per heavy atom. The Balaban J connectivity index is 1.15. The minimum absolute atomic E-state index is 0.00724. The monoisotopic (exact) mass is 700 g/mol. The maximum Gasteiger partial charge on any atom is 0.339 e. The molecule has 1 saturated heterocycles. The molecule has 1 aromatic rings. The average molecular weight is 701 g/mol. The van der Waals surface area contributed by atoms with Crippen LogP contribution in [0.25, 0.3) is 0 Å². The van der Waals surface area contributed by atoms with E-state index >= 15 is 0 Å². The second-order valence-corrected chi connectivity index (χ2v) is 19.7. The molecule has 1 aromatic carbocycles. The maximum atomic E-state index is 14.4. The van der Waals surface area contributed by atoms with Crippen LogP contribution in [0.2, 0.25) is 0 Å². The van der Waals surface area contributed by atoms with Crippen LogP contribution in [0.1, 0.15) is 153 Å². The Morgan fingerprint density at radius 3 is 2.22 bits per heavy atom. The van der Waals surface area contributed by atoms with E-state index in [1.54, 1.807) is 23.8 Å². The lowest BCUT2D eigenvalue weighted by atomic mass is 9.34. The van der Waals surface area contributed by atoms with Crippen molar-refractivity contribution in [2.24, 2.45) is 44.3 Å². The Kier molecular flexibility index (Phi) is 9.16. The molecule has 6 aliphatic rings. The largest absolute Gasteiger partial charge is 0.478 e. The molecule has 7 nitrogen and oxygen atoms in total. The number of benzene rings is 1. The first-order valence-corrected chi connectivity index (χ1v) is 20.3. The number of nitrogens with zero attached hydrogens (tertiary/aromatic N) is 1. The second-order valence-electron chi connectivity index (χ2n) is 19.7. The Labute approximate surface area is 306 Å². The summed E-state index contributed by atoms with van der Waals surface area (Å²) in [6, 6.07) is 6.39. The molecule has 0 bridgehead atoms. The number of aromatic carboxylic acids is 1. The van der Waals surface area contributed by atoms with Crippen molar-refractivity contribution < 1.29 is 24.2 Å². The van der Waals surface area contributed by atoms with Crippen LogP contribution < -0.4 is 5.32 Å². The van der Waals surface area contributed by atoms with Gasteiger partial charge in [0.25, 0.3) is 0 Å². The molecule has 4 saturated carbocycles. The number of hydrogen-bond acceptors (Lipinski definition) is 5. The number of carboxylic acids is 1.